The van der Waals surface area contributed by atoms with Crippen LogP contribution >= 0.6 is 11.3 Å². The summed E-state index contributed by atoms with van der Waals surface area (Å²) in [5, 5.41) is 13.2. The predicted octanol–water partition coefficient (Wildman–Crippen LogP) is 1.46. The van der Waals surface area contributed by atoms with Crippen LogP contribution in [-0.4, -0.2) is 28.9 Å². The van der Waals surface area contributed by atoms with Crippen LogP contribution in [0, 0.1) is 0 Å². The number of hydrogen-bond donors (Lipinski definition) is 3. The summed E-state index contributed by atoms with van der Waals surface area (Å²) >= 11 is 1.46. The third-order valence-corrected chi connectivity index (χ3v) is 3.76. The minimum Gasteiger partial charge on any atom is -0.480 e. The van der Waals surface area contributed by atoms with Gasteiger partial charge in [0.15, 0.2) is 5.76 Å². The van der Waals surface area contributed by atoms with E-state index in [-0.39, 0.29) is 18.6 Å². The molecule has 0 aromatic carbocycles. The third-order valence-electron chi connectivity index (χ3n) is 2.88. The Morgan fingerprint density at radius 1 is 1.32 bits per heavy atom. The van der Waals surface area contributed by atoms with Crippen LogP contribution in [-0.2, 0) is 9.59 Å². The van der Waals surface area contributed by atoms with Gasteiger partial charge in [0.1, 0.15) is 11.8 Å². The zero-order valence-electron chi connectivity index (χ0n) is 11.4. The summed E-state index contributed by atoms with van der Waals surface area (Å²) in [7, 11) is 0. The van der Waals surface area contributed by atoms with Crippen LogP contribution in [0.3, 0.4) is 0 Å². The molecule has 0 aliphatic rings. The second kappa shape index (κ2) is 6.90. The van der Waals surface area contributed by atoms with Gasteiger partial charge in [0.2, 0.25) is 5.91 Å². The number of carboxylic acid groups (broad SMARTS) is 1. The number of primary amides is 1. The fourth-order valence-electron chi connectivity index (χ4n) is 1.78. The van der Waals surface area contributed by atoms with Crippen LogP contribution in [0.4, 0.5) is 0 Å². The molecule has 0 spiro atoms. The maximum Gasteiger partial charge on any atom is 0.326 e. The molecule has 116 valence electrons. The number of carbonyl (C=O) groups excluding carboxylic acids is 2. The predicted molar refractivity (Wildman–Crippen MR) is 79.3 cm³/mol. The zero-order chi connectivity index (χ0) is 16.1. The first-order chi connectivity index (χ1) is 10.5. The SMILES string of the molecule is NC(=O)CC[C@H](NC(=O)c1ccc(-c2cccs2)o1)C(=O)O. The number of furan rings is 1. The van der Waals surface area contributed by atoms with E-state index in [9.17, 15) is 14.4 Å². The second-order valence-corrected chi connectivity index (χ2v) is 5.46. The third kappa shape index (κ3) is 3.95. The molecule has 0 saturated carbocycles. The molecule has 2 heterocycles. The summed E-state index contributed by atoms with van der Waals surface area (Å²) < 4.78 is 5.41. The number of nitrogens with one attached hydrogen (secondary N) is 1. The fourth-order valence-corrected chi connectivity index (χ4v) is 2.47. The Labute approximate surface area is 129 Å². The van der Waals surface area contributed by atoms with Crippen LogP contribution in [0.1, 0.15) is 23.4 Å². The Kier molecular flexibility index (Phi) is 4.95. The Morgan fingerprint density at radius 2 is 2.09 bits per heavy atom. The van der Waals surface area contributed by atoms with Gasteiger partial charge >= 0.3 is 5.97 Å². The molecule has 2 rings (SSSR count). The molecule has 2 aromatic heterocycles. The second-order valence-electron chi connectivity index (χ2n) is 4.51. The first kappa shape index (κ1) is 15.8. The minimum absolute atomic E-state index is 0.00808. The number of rotatable bonds is 7. The van der Waals surface area contributed by atoms with Gasteiger partial charge in [0.05, 0.1) is 4.88 Å². The van der Waals surface area contributed by atoms with Gasteiger partial charge in [0.25, 0.3) is 5.91 Å². The molecule has 2 amide bonds. The molecule has 0 aliphatic heterocycles. The van der Waals surface area contributed by atoms with Gasteiger partial charge in [-0.05, 0) is 30.0 Å². The lowest BCUT2D eigenvalue weighted by molar-refractivity contribution is -0.139. The molecule has 8 heteroatoms. The van der Waals surface area contributed by atoms with Gasteiger partial charge in [-0.25, -0.2) is 4.79 Å². The van der Waals surface area contributed by atoms with E-state index >= 15 is 0 Å². The van der Waals surface area contributed by atoms with Crippen molar-refractivity contribution in [2.24, 2.45) is 5.73 Å². The molecule has 0 aliphatic carbocycles. The molecule has 22 heavy (non-hydrogen) atoms. The normalized spacial score (nSPS) is 11.8. The van der Waals surface area contributed by atoms with E-state index in [1.165, 1.54) is 17.4 Å². The summed E-state index contributed by atoms with van der Waals surface area (Å²) in [6.45, 7) is 0. The van der Waals surface area contributed by atoms with E-state index in [4.69, 9.17) is 15.3 Å². The van der Waals surface area contributed by atoms with E-state index in [0.29, 0.717) is 5.76 Å². The smallest absolute Gasteiger partial charge is 0.326 e. The van der Waals surface area contributed by atoms with E-state index in [1.807, 2.05) is 17.5 Å². The maximum atomic E-state index is 12.0. The number of aliphatic carboxylic acids is 1. The number of hydrogen-bond acceptors (Lipinski definition) is 5. The summed E-state index contributed by atoms with van der Waals surface area (Å²) in [5.41, 5.74) is 4.98. The quantitative estimate of drug-likeness (QED) is 0.712. The molecule has 0 saturated heterocycles. The van der Waals surface area contributed by atoms with Crippen LogP contribution in [0.2, 0.25) is 0 Å². The monoisotopic (exact) mass is 322 g/mol. The molecule has 1 atom stereocenters. The van der Waals surface area contributed by atoms with Crippen LogP contribution in [0.15, 0.2) is 34.1 Å². The number of amides is 2. The van der Waals surface area contributed by atoms with Crippen molar-refractivity contribution in [1.82, 2.24) is 5.32 Å². The van der Waals surface area contributed by atoms with Crippen molar-refractivity contribution in [3.8, 4) is 10.6 Å². The van der Waals surface area contributed by atoms with Gasteiger partial charge in [-0.3, -0.25) is 9.59 Å². The van der Waals surface area contributed by atoms with Gasteiger partial charge in [-0.2, -0.15) is 0 Å². The van der Waals surface area contributed by atoms with Crippen molar-refractivity contribution in [1.29, 1.82) is 0 Å². The summed E-state index contributed by atoms with van der Waals surface area (Å²) in [6, 6.07) is 5.61. The first-order valence-corrected chi connectivity index (χ1v) is 7.31. The molecule has 7 nitrogen and oxygen atoms in total. The lowest BCUT2D eigenvalue weighted by atomic mass is 10.1. The van der Waals surface area contributed by atoms with Crippen molar-refractivity contribution in [3.63, 3.8) is 0 Å². The lowest BCUT2D eigenvalue weighted by Gasteiger charge is -2.12. The molecular weight excluding hydrogens is 308 g/mol. The van der Waals surface area contributed by atoms with Crippen LogP contribution in [0.5, 0.6) is 0 Å². The Balaban J connectivity index is 2.04. The minimum atomic E-state index is -1.24. The Morgan fingerprint density at radius 3 is 2.68 bits per heavy atom. The zero-order valence-corrected chi connectivity index (χ0v) is 12.3. The van der Waals surface area contributed by atoms with Crippen molar-refractivity contribution in [3.05, 3.63) is 35.4 Å². The maximum absolute atomic E-state index is 12.0. The Hall–Kier alpha value is -2.61. The van der Waals surface area contributed by atoms with Crippen LogP contribution < -0.4 is 11.1 Å². The highest BCUT2D eigenvalue weighted by molar-refractivity contribution is 7.13. The molecule has 0 fully saturated rings. The summed E-state index contributed by atoms with van der Waals surface area (Å²) in [5.74, 6) is -1.98. The largest absolute Gasteiger partial charge is 0.480 e. The number of thiophene rings is 1. The van der Waals surface area contributed by atoms with Crippen molar-refractivity contribution < 1.29 is 23.9 Å². The van der Waals surface area contributed by atoms with Gasteiger partial charge in [-0.1, -0.05) is 6.07 Å². The van der Waals surface area contributed by atoms with Crippen molar-refractivity contribution in [2.75, 3.05) is 0 Å². The topological polar surface area (TPSA) is 123 Å². The molecule has 4 N–H and O–H groups in total. The average molecular weight is 322 g/mol. The van der Waals surface area contributed by atoms with Crippen molar-refractivity contribution >= 4 is 29.1 Å². The highest BCUT2D eigenvalue weighted by atomic mass is 32.1. The number of carbonyl (C=O) groups is 3. The molecule has 2 aromatic rings. The average Bonchev–Trinajstić information content (AvgIpc) is 3.11. The molecular formula is C14H14N2O5S. The number of carboxylic acids is 1. The Bertz CT molecular complexity index is 677. The first-order valence-electron chi connectivity index (χ1n) is 6.43. The molecule has 0 radical (unpaired) electrons. The van der Waals surface area contributed by atoms with Crippen LogP contribution in [0.25, 0.3) is 10.6 Å². The highest BCUT2D eigenvalue weighted by Crippen LogP contribution is 2.26. The summed E-state index contributed by atoms with van der Waals surface area (Å²) in [6.07, 6.45) is -0.204. The molecule has 0 bridgehead atoms. The highest BCUT2D eigenvalue weighted by Gasteiger charge is 2.23. The fraction of sp³-hybridized carbons (Fsp3) is 0.214. The van der Waals surface area contributed by atoms with E-state index in [2.05, 4.69) is 5.32 Å². The van der Waals surface area contributed by atoms with E-state index < -0.39 is 23.8 Å². The standard InChI is InChI=1S/C14H14N2O5S/c15-12(17)6-3-8(14(19)20)16-13(18)10-5-4-9(21-10)11-2-1-7-22-11/h1-2,4-5,7-8H,3,6H2,(H2,15,17)(H,16,18)(H,19,20)/t8-/m0/s1. The van der Waals surface area contributed by atoms with Gasteiger partial charge in [-0.15, -0.1) is 11.3 Å². The van der Waals surface area contributed by atoms with Crippen molar-refractivity contribution in [2.45, 2.75) is 18.9 Å². The lowest BCUT2D eigenvalue weighted by Crippen LogP contribution is -2.41. The number of nitrogens with two attached hydrogens (primary N) is 1. The summed E-state index contributed by atoms with van der Waals surface area (Å²) in [4.78, 5) is 34.7. The van der Waals surface area contributed by atoms with E-state index in [1.54, 1.807) is 6.07 Å². The van der Waals surface area contributed by atoms with Gasteiger partial charge < -0.3 is 20.6 Å². The van der Waals surface area contributed by atoms with Gasteiger partial charge in [0, 0.05) is 6.42 Å². The molecule has 0 unspecified atom stereocenters. The van der Waals surface area contributed by atoms with E-state index in [0.717, 1.165) is 4.88 Å².